The van der Waals surface area contributed by atoms with E-state index in [1.807, 2.05) is 12.2 Å². The van der Waals surface area contributed by atoms with Gasteiger partial charge in [-0.1, -0.05) is 74.6 Å². The molecule has 0 rings (SSSR count). The molecule has 226 valence electrons. The molecule has 0 aromatic heterocycles. The molecule has 0 aromatic carbocycles. The summed E-state index contributed by atoms with van der Waals surface area (Å²) in [6.45, 7) is 2.09. The summed E-state index contributed by atoms with van der Waals surface area (Å²) in [4.78, 5) is 44.3. The maximum atomic E-state index is 12.2. The van der Waals surface area contributed by atoms with Gasteiger partial charge in [-0.3, -0.25) is 23.4 Å². The summed E-state index contributed by atoms with van der Waals surface area (Å²) in [6.07, 6.45) is 23.9. The van der Waals surface area contributed by atoms with Crippen LogP contribution in [0.2, 0.25) is 0 Å². The van der Waals surface area contributed by atoms with Crippen LogP contribution in [0, 0.1) is 0 Å². The summed E-state index contributed by atoms with van der Waals surface area (Å²) in [6, 6.07) is -1.53. The third kappa shape index (κ3) is 23.1. The van der Waals surface area contributed by atoms with E-state index in [4.69, 9.17) is 24.8 Å². The molecule has 11 nitrogen and oxygen atoms in total. The first-order chi connectivity index (χ1) is 19.1. The highest BCUT2D eigenvalue weighted by molar-refractivity contribution is 7.47. The van der Waals surface area contributed by atoms with Crippen molar-refractivity contribution in [1.29, 1.82) is 0 Å². The lowest BCUT2D eigenvalue weighted by molar-refractivity contribution is -0.160. The van der Waals surface area contributed by atoms with E-state index in [2.05, 4.69) is 47.9 Å². The van der Waals surface area contributed by atoms with E-state index in [-0.39, 0.29) is 12.8 Å². The van der Waals surface area contributed by atoms with E-state index in [0.717, 1.165) is 25.7 Å². The second-order valence-corrected chi connectivity index (χ2v) is 9.92. The van der Waals surface area contributed by atoms with Crippen molar-refractivity contribution in [3.63, 3.8) is 0 Å². The van der Waals surface area contributed by atoms with Gasteiger partial charge in [0.15, 0.2) is 6.10 Å². The number of carboxylic acids is 1. The highest BCUT2D eigenvalue weighted by atomic mass is 31.2. The zero-order valence-corrected chi connectivity index (χ0v) is 24.3. The fourth-order valence-corrected chi connectivity index (χ4v) is 3.48. The van der Waals surface area contributed by atoms with Crippen molar-refractivity contribution >= 4 is 25.7 Å². The van der Waals surface area contributed by atoms with Gasteiger partial charge in [0.05, 0.1) is 19.6 Å². The van der Waals surface area contributed by atoms with Crippen molar-refractivity contribution in [2.24, 2.45) is 5.73 Å². The van der Waals surface area contributed by atoms with Gasteiger partial charge in [-0.05, 0) is 38.5 Å². The highest BCUT2D eigenvalue weighted by Gasteiger charge is 2.27. The van der Waals surface area contributed by atoms with E-state index < -0.39 is 57.7 Å². The Labute approximate surface area is 237 Å². The van der Waals surface area contributed by atoms with Crippen LogP contribution in [0.25, 0.3) is 0 Å². The molecular weight excluding hydrogens is 541 g/mol. The number of hydrogen-bond acceptors (Lipinski definition) is 9. The van der Waals surface area contributed by atoms with Crippen LogP contribution in [0.4, 0.5) is 0 Å². The van der Waals surface area contributed by atoms with Gasteiger partial charge in [-0.15, -0.1) is 0 Å². The summed E-state index contributed by atoms with van der Waals surface area (Å²) < 4.78 is 31.6. The lowest BCUT2D eigenvalue weighted by Crippen LogP contribution is -2.34. The molecule has 0 bridgehead atoms. The monoisotopic (exact) mass is 585 g/mol. The molecule has 0 aliphatic rings. The van der Waals surface area contributed by atoms with Crippen LogP contribution in [0.5, 0.6) is 0 Å². The first-order valence-electron chi connectivity index (χ1n) is 13.3. The van der Waals surface area contributed by atoms with E-state index in [0.29, 0.717) is 12.8 Å². The van der Waals surface area contributed by atoms with Crippen molar-refractivity contribution in [2.75, 3.05) is 19.8 Å². The molecule has 0 spiro atoms. The minimum Gasteiger partial charge on any atom is -0.480 e. The maximum absolute atomic E-state index is 12.2. The van der Waals surface area contributed by atoms with Gasteiger partial charge in [0.1, 0.15) is 12.6 Å². The van der Waals surface area contributed by atoms with Crippen molar-refractivity contribution in [3.8, 4) is 0 Å². The van der Waals surface area contributed by atoms with Gasteiger partial charge in [-0.25, -0.2) is 4.57 Å². The van der Waals surface area contributed by atoms with Crippen LogP contribution >= 0.6 is 7.82 Å². The summed E-state index contributed by atoms with van der Waals surface area (Å²) in [5.41, 5.74) is 5.23. The Balaban J connectivity index is 4.54. The van der Waals surface area contributed by atoms with Gasteiger partial charge in [-0.2, -0.15) is 0 Å². The van der Waals surface area contributed by atoms with Crippen LogP contribution < -0.4 is 5.73 Å². The first-order valence-corrected chi connectivity index (χ1v) is 14.8. The first kappa shape index (κ1) is 37.2. The van der Waals surface area contributed by atoms with Gasteiger partial charge in [0.2, 0.25) is 0 Å². The van der Waals surface area contributed by atoms with Crippen LogP contribution in [0.15, 0.2) is 60.8 Å². The lowest BCUT2D eigenvalue weighted by Gasteiger charge is -2.20. The molecule has 0 radical (unpaired) electrons. The fraction of sp³-hybridized carbons (Fsp3) is 0.536. The number of phosphoric acid groups is 1. The molecule has 0 saturated heterocycles. The Morgan fingerprint density at radius 1 is 0.775 bits per heavy atom. The van der Waals surface area contributed by atoms with Crippen molar-refractivity contribution < 1.29 is 47.5 Å². The second-order valence-electron chi connectivity index (χ2n) is 8.46. The molecule has 4 N–H and O–H groups in total. The second kappa shape index (κ2) is 24.0. The molecule has 3 atom stereocenters. The van der Waals surface area contributed by atoms with Crippen LogP contribution in [-0.2, 0) is 37.5 Å². The number of allylic oxidation sites excluding steroid dienone is 9. The Hall–Kier alpha value is -2.82. The minimum absolute atomic E-state index is 0.0757. The standard InChI is InChI=1S/C28H44NO10P/c1-3-5-6-7-8-9-10-11-12-13-14-15-16-17-18-20-27(31)39-24(21-36-26(30)19-4-2)22-37-40(34,35)38-23-25(29)28(32)33/h5-6,8-9,11-12,14-15,17-18,24-25H,3-4,7,10,13,16,19-23,29H2,1-2H3,(H,32,33)(H,34,35)/b6-5-,9-8-,12-11-,15-14-,18-17-. The predicted molar refractivity (Wildman–Crippen MR) is 152 cm³/mol. The molecular formula is C28H44NO10P. The number of rotatable bonds is 23. The quantitative estimate of drug-likeness (QED) is 0.0843. The molecule has 0 amide bonds. The molecule has 0 fully saturated rings. The Morgan fingerprint density at radius 2 is 1.27 bits per heavy atom. The zero-order chi connectivity index (χ0) is 30.1. The maximum Gasteiger partial charge on any atom is 0.472 e. The van der Waals surface area contributed by atoms with Crippen LogP contribution in [-0.4, -0.2) is 59.9 Å². The van der Waals surface area contributed by atoms with Crippen molar-refractivity contribution in [2.45, 2.75) is 77.4 Å². The Kier molecular flexibility index (Phi) is 22.3. The average Bonchev–Trinajstić information content (AvgIpc) is 2.91. The third-order valence-corrected chi connectivity index (χ3v) is 5.73. The van der Waals surface area contributed by atoms with Crippen LogP contribution in [0.1, 0.15) is 65.2 Å². The van der Waals surface area contributed by atoms with Crippen molar-refractivity contribution in [1.82, 2.24) is 0 Å². The number of esters is 2. The summed E-state index contributed by atoms with van der Waals surface area (Å²) in [7, 11) is -4.70. The highest BCUT2D eigenvalue weighted by Crippen LogP contribution is 2.43. The van der Waals surface area contributed by atoms with Crippen LogP contribution in [0.3, 0.4) is 0 Å². The Bertz CT molecular complexity index is 926. The number of carboxylic acid groups (broad SMARTS) is 1. The molecule has 12 heteroatoms. The smallest absolute Gasteiger partial charge is 0.472 e. The third-order valence-electron chi connectivity index (χ3n) is 4.78. The molecule has 40 heavy (non-hydrogen) atoms. The number of carbonyl (C=O) groups excluding carboxylic acids is 2. The number of phosphoric ester groups is 1. The molecule has 0 aliphatic carbocycles. The molecule has 0 aliphatic heterocycles. The predicted octanol–water partition coefficient (Wildman–Crippen LogP) is 4.93. The SMILES string of the molecule is CC/C=C\C/C=C\C/C=C\C/C=C\C/C=C\CC(=O)OC(COC(=O)CCC)COP(=O)(O)OCC(N)C(=O)O. The number of nitrogens with two attached hydrogens (primary N) is 1. The number of hydrogen-bond donors (Lipinski definition) is 3. The molecule has 0 heterocycles. The fourth-order valence-electron chi connectivity index (χ4n) is 2.70. The molecule has 0 saturated carbocycles. The van der Waals surface area contributed by atoms with Gasteiger partial charge < -0.3 is 25.2 Å². The number of carbonyl (C=O) groups is 3. The molecule has 0 aromatic rings. The van der Waals surface area contributed by atoms with E-state index in [1.165, 1.54) is 0 Å². The number of ether oxygens (including phenoxy) is 2. The number of aliphatic carboxylic acids is 1. The van der Waals surface area contributed by atoms with Gasteiger partial charge in [0, 0.05) is 6.42 Å². The minimum atomic E-state index is -4.70. The van der Waals surface area contributed by atoms with Gasteiger partial charge >= 0.3 is 25.7 Å². The molecule has 3 unspecified atom stereocenters. The van der Waals surface area contributed by atoms with E-state index >= 15 is 0 Å². The van der Waals surface area contributed by atoms with Crippen molar-refractivity contribution in [3.05, 3.63) is 60.8 Å². The lowest BCUT2D eigenvalue weighted by atomic mass is 10.2. The largest absolute Gasteiger partial charge is 0.480 e. The average molecular weight is 586 g/mol. The topological polar surface area (TPSA) is 172 Å². The van der Waals surface area contributed by atoms with E-state index in [9.17, 15) is 23.8 Å². The van der Waals surface area contributed by atoms with E-state index in [1.54, 1.807) is 19.1 Å². The summed E-state index contributed by atoms with van der Waals surface area (Å²) >= 11 is 0. The Morgan fingerprint density at radius 3 is 1.77 bits per heavy atom. The zero-order valence-electron chi connectivity index (χ0n) is 23.4. The summed E-state index contributed by atoms with van der Waals surface area (Å²) in [5, 5.41) is 8.73. The van der Waals surface area contributed by atoms with Gasteiger partial charge in [0.25, 0.3) is 0 Å². The normalized spacial score (nSPS) is 15.3. The summed E-state index contributed by atoms with van der Waals surface area (Å²) in [5.74, 6) is -2.62.